The van der Waals surface area contributed by atoms with Gasteiger partial charge in [0.25, 0.3) is 5.56 Å². The average Bonchev–Trinajstić information content (AvgIpc) is 3.31. The van der Waals surface area contributed by atoms with Crippen LogP contribution in [0.1, 0.15) is 48.3 Å². The molecule has 0 fully saturated rings. The highest BCUT2D eigenvalue weighted by atomic mass is 127. The minimum atomic E-state index is -0.736. The van der Waals surface area contributed by atoms with Crippen molar-refractivity contribution in [3.8, 4) is 17.2 Å². The van der Waals surface area contributed by atoms with Gasteiger partial charge in [-0.3, -0.25) is 9.36 Å². The van der Waals surface area contributed by atoms with Gasteiger partial charge in [-0.15, -0.1) is 0 Å². The summed E-state index contributed by atoms with van der Waals surface area (Å²) >= 11 is 3.31. The third-order valence-corrected chi connectivity index (χ3v) is 8.73. The smallest absolute Gasteiger partial charge is 0.344 e. The topological polar surface area (TPSA) is 105 Å². The molecule has 1 aromatic heterocycles. The number of allylic oxidation sites excluding steroid dienone is 1. The van der Waals surface area contributed by atoms with Crippen LogP contribution in [-0.2, 0) is 9.53 Å². The maximum atomic E-state index is 14.0. The van der Waals surface area contributed by atoms with Crippen LogP contribution in [0, 0.1) is 3.57 Å². The Morgan fingerprint density at radius 3 is 2.43 bits per heavy atom. The molecule has 0 saturated heterocycles. The first-order valence-electron chi connectivity index (χ1n) is 13.8. The van der Waals surface area contributed by atoms with Crippen LogP contribution in [0.15, 0.2) is 87.8 Å². The van der Waals surface area contributed by atoms with E-state index in [1.54, 1.807) is 69.5 Å². The first-order chi connectivity index (χ1) is 21.2. The second-order valence-electron chi connectivity index (χ2n) is 9.58. The number of methoxy groups -OCH3 is 1. The highest BCUT2D eigenvalue weighted by molar-refractivity contribution is 14.1. The van der Waals surface area contributed by atoms with Crippen molar-refractivity contribution in [3.63, 3.8) is 0 Å². The molecule has 0 unspecified atom stereocenters. The number of hydrogen-bond acceptors (Lipinski definition) is 9. The number of aromatic nitrogens is 1. The zero-order chi connectivity index (χ0) is 31.4. The molecule has 226 valence electrons. The van der Waals surface area contributed by atoms with Crippen molar-refractivity contribution in [2.24, 2.45) is 4.99 Å². The van der Waals surface area contributed by atoms with E-state index in [0.717, 1.165) is 3.57 Å². The van der Waals surface area contributed by atoms with Crippen LogP contribution in [0.4, 0.5) is 0 Å². The van der Waals surface area contributed by atoms with Crippen LogP contribution >= 0.6 is 33.9 Å². The Labute approximate surface area is 271 Å². The summed E-state index contributed by atoms with van der Waals surface area (Å²) in [4.78, 5) is 45.0. The lowest BCUT2D eigenvalue weighted by Gasteiger charge is -2.24. The number of benzene rings is 3. The number of halogens is 1. The third-order valence-electron chi connectivity index (χ3n) is 6.81. The second-order valence-corrected chi connectivity index (χ2v) is 11.8. The van der Waals surface area contributed by atoms with E-state index >= 15 is 0 Å². The first-order valence-corrected chi connectivity index (χ1v) is 15.7. The SMILES string of the molecule is CCOC(=O)C1=C(C)N=c2sc(=Cc3ccc(OC(=O)c4ccccc4I)c(OCC)c3)c(=O)n2[C@H]1c1ccc(OC)cc1. The third kappa shape index (κ3) is 6.34. The van der Waals surface area contributed by atoms with E-state index in [1.165, 1.54) is 15.9 Å². The molecule has 0 amide bonds. The van der Waals surface area contributed by atoms with Gasteiger partial charge in [-0.05, 0) is 97.0 Å². The zero-order valence-corrected chi connectivity index (χ0v) is 27.4. The van der Waals surface area contributed by atoms with E-state index in [1.807, 2.05) is 31.2 Å². The van der Waals surface area contributed by atoms with E-state index < -0.39 is 18.0 Å². The van der Waals surface area contributed by atoms with Crippen LogP contribution in [0.2, 0.25) is 0 Å². The van der Waals surface area contributed by atoms with Crippen molar-refractivity contribution < 1.29 is 28.5 Å². The van der Waals surface area contributed by atoms with E-state index in [2.05, 4.69) is 27.6 Å². The fourth-order valence-corrected chi connectivity index (χ4v) is 6.45. The summed E-state index contributed by atoms with van der Waals surface area (Å²) in [5.41, 5.74) is 2.30. The number of fused-ring (bicyclic) bond motifs is 1. The summed E-state index contributed by atoms with van der Waals surface area (Å²) in [6, 6.07) is 18.7. The number of thiazole rings is 1. The first kappa shape index (κ1) is 31.2. The molecule has 44 heavy (non-hydrogen) atoms. The van der Waals surface area contributed by atoms with Crippen LogP contribution in [0.3, 0.4) is 0 Å². The van der Waals surface area contributed by atoms with Gasteiger partial charge in [0.1, 0.15) is 5.75 Å². The molecule has 0 aliphatic carbocycles. The number of carbonyl (C=O) groups excluding carboxylic acids is 2. The quantitative estimate of drug-likeness (QED) is 0.136. The minimum absolute atomic E-state index is 0.188. The van der Waals surface area contributed by atoms with Crippen molar-refractivity contribution in [1.82, 2.24) is 4.57 Å². The molecule has 3 aromatic carbocycles. The Bertz CT molecular complexity index is 1940. The fraction of sp³-hybridized carbons (Fsp3) is 0.212. The van der Waals surface area contributed by atoms with Gasteiger partial charge in [-0.2, -0.15) is 0 Å². The lowest BCUT2D eigenvalue weighted by atomic mass is 9.96. The van der Waals surface area contributed by atoms with Gasteiger partial charge in [-0.25, -0.2) is 14.6 Å². The second kappa shape index (κ2) is 13.6. The van der Waals surface area contributed by atoms with Gasteiger partial charge in [0, 0.05) is 3.57 Å². The van der Waals surface area contributed by atoms with E-state index in [0.29, 0.717) is 55.4 Å². The molecule has 1 atom stereocenters. The summed E-state index contributed by atoms with van der Waals surface area (Å²) < 4.78 is 24.9. The van der Waals surface area contributed by atoms with Crippen LogP contribution in [-0.4, -0.2) is 36.8 Å². The molecule has 0 spiro atoms. The van der Waals surface area contributed by atoms with Gasteiger partial charge in [0.05, 0.1) is 47.7 Å². The van der Waals surface area contributed by atoms with Gasteiger partial charge >= 0.3 is 11.9 Å². The normalized spacial score (nSPS) is 14.5. The Kier molecular flexibility index (Phi) is 9.64. The molecule has 1 aliphatic rings. The average molecular weight is 725 g/mol. The van der Waals surface area contributed by atoms with Crippen molar-refractivity contribution in [3.05, 3.63) is 118 Å². The Hall–Kier alpha value is -4.23. The largest absolute Gasteiger partial charge is 0.497 e. The van der Waals surface area contributed by atoms with E-state index in [9.17, 15) is 14.4 Å². The monoisotopic (exact) mass is 724 g/mol. The van der Waals surface area contributed by atoms with E-state index in [-0.39, 0.29) is 17.9 Å². The van der Waals surface area contributed by atoms with Crippen molar-refractivity contribution >= 4 is 51.9 Å². The molecule has 1 aliphatic heterocycles. The number of carbonyl (C=O) groups is 2. The molecule has 4 aromatic rings. The van der Waals surface area contributed by atoms with Gasteiger partial charge < -0.3 is 18.9 Å². The molecule has 9 nitrogen and oxygen atoms in total. The number of nitrogens with zero attached hydrogens (tertiary/aromatic N) is 2. The van der Waals surface area contributed by atoms with Crippen molar-refractivity contribution in [2.45, 2.75) is 26.8 Å². The minimum Gasteiger partial charge on any atom is -0.497 e. The van der Waals surface area contributed by atoms with Crippen LogP contribution < -0.4 is 29.1 Å². The molecule has 0 N–H and O–H groups in total. The fourth-order valence-electron chi connectivity index (χ4n) is 4.79. The van der Waals surface area contributed by atoms with Gasteiger partial charge in [-0.1, -0.05) is 41.7 Å². The molecular formula is C33H29IN2O7S. The lowest BCUT2D eigenvalue weighted by molar-refractivity contribution is -0.139. The number of ether oxygens (including phenoxy) is 4. The predicted molar refractivity (Wildman–Crippen MR) is 175 cm³/mol. The lowest BCUT2D eigenvalue weighted by Crippen LogP contribution is -2.39. The Morgan fingerprint density at radius 1 is 1.00 bits per heavy atom. The van der Waals surface area contributed by atoms with Crippen LogP contribution in [0.5, 0.6) is 17.2 Å². The highest BCUT2D eigenvalue weighted by Crippen LogP contribution is 2.32. The van der Waals surface area contributed by atoms with Crippen LogP contribution in [0.25, 0.3) is 6.08 Å². The summed E-state index contributed by atoms with van der Waals surface area (Å²) in [5.74, 6) is 0.260. The number of hydrogen-bond donors (Lipinski definition) is 0. The number of rotatable bonds is 9. The van der Waals surface area contributed by atoms with Crippen molar-refractivity contribution in [2.75, 3.05) is 20.3 Å². The summed E-state index contributed by atoms with van der Waals surface area (Å²) in [6.45, 7) is 5.84. The van der Waals surface area contributed by atoms with Crippen molar-refractivity contribution in [1.29, 1.82) is 0 Å². The number of esters is 2. The zero-order valence-electron chi connectivity index (χ0n) is 24.5. The molecule has 0 bridgehead atoms. The molecule has 0 radical (unpaired) electrons. The summed E-state index contributed by atoms with van der Waals surface area (Å²) in [7, 11) is 1.57. The maximum Gasteiger partial charge on any atom is 0.344 e. The molecule has 2 heterocycles. The highest BCUT2D eigenvalue weighted by Gasteiger charge is 2.33. The molecule has 5 rings (SSSR count). The van der Waals surface area contributed by atoms with Gasteiger partial charge in [0.15, 0.2) is 16.3 Å². The maximum absolute atomic E-state index is 14.0. The summed E-state index contributed by atoms with van der Waals surface area (Å²) in [6.07, 6.45) is 1.73. The molecule has 0 saturated carbocycles. The Balaban J connectivity index is 1.57. The molecule has 11 heteroatoms. The van der Waals surface area contributed by atoms with Gasteiger partial charge in [0.2, 0.25) is 0 Å². The standard InChI is InChI=1S/C33H29IN2O7S/c1-5-41-26-17-20(11-16-25(26)43-31(38)23-9-7-8-10-24(23)34)18-27-30(37)36-29(21-12-14-22(40-4)15-13-21)28(32(39)42-6-2)19(3)35-33(36)44-27/h7-18,29H,5-6H2,1-4H3/t29-/m0/s1. The van der Waals surface area contributed by atoms with E-state index in [4.69, 9.17) is 18.9 Å². The Morgan fingerprint density at radius 2 is 1.75 bits per heavy atom. The summed E-state index contributed by atoms with van der Waals surface area (Å²) in [5, 5.41) is 0. The molecular weight excluding hydrogens is 695 g/mol. The predicted octanol–water partition coefficient (Wildman–Crippen LogP) is 5.03.